The van der Waals surface area contributed by atoms with Gasteiger partial charge >= 0.3 is 0 Å². The summed E-state index contributed by atoms with van der Waals surface area (Å²) < 4.78 is 5.20. The van der Waals surface area contributed by atoms with E-state index in [0.717, 1.165) is 37.0 Å². The fraction of sp³-hybridized carbons (Fsp3) is 0.571. The molecule has 1 N–H and O–H groups in total. The number of aliphatic hydroxyl groups is 1. The number of hydrogen-bond donors (Lipinski definition) is 1. The van der Waals surface area contributed by atoms with Gasteiger partial charge in [0.15, 0.2) is 0 Å². The molecule has 0 heterocycles. The molecule has 1 aromatic rings. The third-order valence-electron chi connectivity index (χ3n) is 2.93. The smallest absolute Gasteiger partial charge is 0.119 e. The van der Waals surface area contributed by atoms with Gasteiger partial charge in [0.25, 0.3) is 0 Å². The van der Waals surface area contributed by atoms with E-state index in [1.54, 1.807) is 7.11 Å². The zero-order valence-corrected chi connectivity index (χ0v) is 10.5. The first kappa shape index (κ1) is 13.0. The second kappa shape index (κ2) is 5.90. The molecule has 1 aromatic carbocycles. The highest BCUT2D eigenvalue weighted by Gasteiger charge is 2.27. The Morgan fingerprint density at radius 2 is 1.81 bits per heavy atom. The normalized spacial score (nSPS) is 11.5. The highest BCUT2D eigenvalue weighted by atomic mass is 16.5. The minimum absolute atomic E-state index is 0.696. The van der Waals surface area contributed by atoms with E-state index in [2.05, 4.69) is 13.8 Å². The summed E-state index contributed by atoms with van der Waals surface area (Å²) in [5.41, 5.74) is 0.272. The quantitative estimate of drug-likeness (QED) is 0.798. The second-order valence-electron chi connectivity index (χ2n) is 4.26. The van der Waals surface area contributed by atoms with Gasteiger partial charge in [-0.05, 0) is 30.5 Å². The molecule has 0 aliphatic rings. The summed E-state index contributed by atoms with van der Waals surface area (Å²) in [4.78, 5) is 0. The topological polar surface area (TPSA) is 29.5 Å². The van der Waals surface area contributed by atoms with Gasteiger partial charge in [-0.2, -0.15) is 0 Å². The van der Waals surface area contributed by atoms with Crippen LogP contribution in [0.4, 0.5) is 0 Å². The Balaban J connectivity index is 2.99. The first-order valence-corrected chi connectivity index (χ1v) is 6.03. The molecule has 2 heteroatoms. The lowest BCUT2D eigenvalue weighted by Crippen LogP contribution is -2.25. The monoisotopic (exact) mass is 222 g/mol. The molecule has 0 saturated heterocycles. The number of ether oxygens (including phenoxy) is 1. The van der Waals surface area contributed by atoms with Crippen LogP contribution >= 0.6 is 0 Å². The average molecular weight is 222 g/mol. The molecule has 16 heavy (non-hydrogen) atoms. The van der Waals surface area contributed by atoms with Crippen LogP contribution in [0.1, 0.15) is 45.1 Å². The standard InChI is InChI=1S/C14H22O2/c1-4-9-14(15,10-5-2)12-7-6-8-13(11-12)16-3/h6-8,11,15H,4-5,9-10H2,1-3H3. The molecule has 0 aliphatic heterocycles. The van der Waals surface area contributed by atoms with E-state index in [1.807, 2.05) is 24.3 Å². The van der Waals surface area contributed by atoms with Crippen LogP contribution in [-0.2, 0) is 5.60 Å². The molecule has 0 aliphatic carbocycles. The zero-order chi connectivity index (χ0) is 12.0. The molecule has 0 fully saturated rings. The molecule has 0 aromatic heterocycles. The van der Waals surface area contributed by atoms with Crippen molar-refractivity contribution in [1.82, 2.24) is 0 Å². The molecule has 1 rings (SSSR count). The van der Waals surface area contributed by atoms with Crippen LogP contribution in [0.5, 0.6) is 5.75 Å². The minimum Gasteiger partial charge on any atom is -0.497 e. The lowest BCUT2D eigenvalue weighted by atomic mass is 9.85. The number of methoxy groups -OCH3 is 1. The van der Waals surface area contributed by atoms with E-state index in [0.29, 0.717) is 0 Å². The zero-order valence-electron chi connectivity index (χ0n) is 10.5. The Morgan fingerprint density at radius 1 is 1.19 bits per heavy atom. The predicted molar refractivity (Wildman–Crippen MR) is 66.7 cm³/mol. The molecule has 0 atom stereocenters. The van der Waals surface area contributed by atoms with Crippen LogP contribution in [0.25, 0.3) is 0 Å². The van der Waals surface area contributed by atoms with Crippen molar-refractivity contribution in [2.75, 3.05) is 7.11 Å². The molecule has 2 nitrogen and oxygen atoms in total. The van der Waals surface area contributed by atoms with E-state index in [-0.39, 0.29) is 0 Å². The second-order valence-corrected chi connectivity index (χ2v) is 4.26. The van der Waals surface area contributed by atoms with Gasteiger partial charge in [0, 0.05) is 0 Å². The van der Waals surface area contributed by atoms with Gasteiger partial charge < -0.3 is 9.84 Å². The van der Waals surface area contributed by atoms with Crippen LogP contribution in [0.15, 0.2) is 24.3 Å². The Morgan fingerprint density at radius 3 is 2.31 bits per heavy atom. The van der Waals surface area contributed by atoms with Gasteiger partial charge in [-0.3, -0.25) is 0 Å². The number of rotatable bonds is 6. The van der Waals surface area contributed by atoms with Gasteiger partial charge in [0.1, 0.15) is 5.75 Å². The predicted octanol–water partition coefficient (Wildman–Crippen LogP) is 3.48. The number of hydrogen-bond acceptors (Lipinski definition) is 2. The van der Waals surface area contributed by atoms with Crippen LogP contribution in [0.2, 0.25) is 0 Å². The van der Waals surface area contributed by atoms with Gasteiger partial charge in [-0.15, -0.1) is 0 Å². The summed E-state index contributed by atoms with van der Waals surface area (Å²) in [5, 5.41) is 10.6. The maximum atomic E-state index is 10.6. The largest absolute Gasteiger partial charge is 0.497 e. The Hall–Kier alpha value is -1.02. The molecule has 0 bridgehead atoms. The molecule has 0 spiro atoms. The summed E-state index contributed by atoms with van der Waals surface area (Å²) >= 11 is 0. The lowest BCUT2D eigenvalue weighted by molar-refractivity contribution is 0.0168. The Labute approximate surface area is 98.3 Å². The highest BCUT2D eigenvalue weighted by molar-refractivity contribution is 5.32. The van der Waals surface area contributed by atoms with E-state index in [9.17, 15) is 5.11 Å². The molecule has 0 radical (unpaired) electrons. The molecule has 0 amide bonds. The maximum absolute atomic E-state index is 10.6. The van der Waals surface area contributed by atoms with E-state index < -0.39 is 5.60 Å². The van der Waals surface area contributed by atoms with Crippen molar-refractivity contribution >= 4 is 0 Å². The van der Waals surface area contributed by atoms with Crippen molar-refractivity contribution in [3.8, 4) is 5.75 Å². The van der Waals surface area contributed by atoms with Crippen molar-refractivity contribution in [1.29, 1.82) is 0 Å². The van der Waals surface area contributed by atoms with Crippen molar-refractivity contribution in [3.05, 3.63) is 29.8 Å². The molecule has 0 saturated carbocycles. The summed E-state index contributed by atoms with van der Waals surface area (Å²) in [5.74, 6) is 0.808. The summed E-state index contributed by atoms with van der Waals surface area (Å²) in [7, 11) is 1.65. The lowest BCUT2D eigenvalue weighted by Gasteiger charge is -2.28. The van der Waals surface area contributed by atoms with Crippen LogP contribution in [0, 0.1) is 0 Å². The van der Waals surface area contributed by atoms with Crippen molar-refractivity contribution < 1.29 is 9.84 Å². The van der Waals surface area contributed by atoms with Gasteiger partial charge in [-0.1, -0.05) is 38.8 Å². The van der Waals surface area contributed by atoms with Crippen LogP contribution in [0.3, 0.4) is 0 Å². The summed E-state index contributed by atoms with van der Waals surface area (Å²) in [6, 6.07) is 7.76. The minimum atomic E-state index is -0.696. The SMILES string of the molecule is CCCC(O)(CCC)c1cccc(OC)c1. The summed E-state index contributed by atoms with van der Waals surface area (Å²) in [6.07, 6.45) is 3.56. The van der Waals surface area contributed by atoms with Gasteiger partial charge in [0.2, 0.25) is 0 Å². The molecular weight excluding hydrogens is 200 g/mol. The first-order valence-electron chi connectivity index (χ1n) is 6.03. The molecular formula is C14H22O2. The van der Waals surface area contributed by atoms with E-state index >= 15 is 0 Å². The average Bonchev–Trinajstić information content (AvgIpc) is 2.30. The van der Waals surface area contributed by atoms with Crippen LogP contribution < -0.4 is 4.74 Å². The Bertz CT molecular complexity index is 314. The molecule has 90 valence electrons. The van der Waals surface area contributed by atoms with Crippen molar-refractivity contribution in [3.63, 3.8) is 0 Å². The third-order valence-corrected chi connectivity index (χ3v) is 2.93. The van der Waals surface area contributed by atoms with Crippen molar-refractivity contribution in [2.45, 2.75) is 45.1 Å². The number of benzene rings is 1. The summed E-state index contributed by atoms with van der Waals surface area (Å²) in [6.45, 7) is 4.20. The van der Waals surface area contributed by atoms with Gasteiger partial charge in [0.05, 0.1) is 12.7 Å². The van der Waals surface area contributed by atoms with E-state index in [4.69, 9.17) is 4.74 Å². The highest BCUT2D eigenvalue weighted by Crippen LogP contribution is 2.33. The molecule has 0 unspecified atom stereocenters. The van der Waals surface area contributed by atoms with E-state index in [1.165, 1.54) is 0 Å². The van der Waals surface area contributed by atoms with Gasteiger partial charge in [-0.25, -0.2) is 0 Å². The fourth-order valence-corrected chi connectivity index (χ4v) is 2.15. The van der Waals surface area contributed by atoms with Crippen molar-refractivity contribution in [2.24, 2.45) is 0 Å². The third kappa shape index (κ3) is 2.99. The Kier molecular flexibility index (Phi) is 4.81. The van der Waals surface area contributed by atoms with Crippen LogP contribution in [-0.4, -0.2) is 12.2 Å². The maximum Gasteiger partial charge on any atom is 0.119 e. The fourth-order valence-electron chi connectivity index (χ4n) is 2.15. The first-order chi connectivity index (χ1) is 7.66.